The van der Waals surface area contributed by atoms with E-state index in [1.54, 1.807) is 19.1 Å². The molecule has 1 aromatic carbocycles. The van der Waals surface area contributed by atoms with E-state index in [1.807, 2.05) is 0 Å². The summed E-state index contributed by atoms with van der Waals surface area (Å²) < 4.78 is 20.6. The van der Waals surface area contributed by atoms with Crippen LogP contribution in [0.25, 0.3) is 0 Å². The number of aromatic nitrogens is 2. The molecule has 13 heteroatoms. The molecule has 2 aromatic rings. The second-order valence-electron chi connectivity index (χ2n) is 11.1. The highest BCUT2D eigenvalue weighted by atomic mass is 19.1. The Balaban J connectivity index is 1.58. The van der Waals surface area contributed by atoms with Crippen LogP contribution >= 0.6 is 0 Å². The maximum atomic E-state index is 14.0. The van der Waals surface area contributed by atoms with Gasteiger partial charge in [0, 0.05) is 39.1 Å². The number of nitrogens with one attached hydrogen (secondary N) is 3. The van der Waals surface area contributed by atoms with Gasteiger partial charge in [-0.2, -0.15) is 0 Å². The molecule has 0 spiro atoms. The molecular formula is C28H34FN7O5. The number of hydrogen-bond acceptors (Lipinski definition) is 8. The van der Waals surface area contributed by atoms with Gasteiger partial charge in [0.05, 0.1) is 19.2 Å². The molecule has 3 amide bonds. The number of rotatable bonds is 6. The Morgan fingerprint density at radius 3 is 2.54 bits per heavy atom. The molecule has 6 rings (SSSR count). The molecule has 0 atom stereocenters. The number of aryl methyl sites for hydroxylation is 1. The quantitative estimate of drug-likeness (QED) is 0.434. The third kappa shape index (κ3) is 4.93. The molecular weight excluding hydrogens is 533 g/mol. The zero-order chi connectivity index (χ0) is 29.5. The Labute approximate surface area is 236 Å². The average Bonchev–Trinajstić information content (AvgIpc) is 3.42. The molecule has 41 heavy (non-hydrogen) atoms. The third-order valence-electron chi connectivity index (χ3n) is 8.30. The second-order valence-corrected chi connectivity index (χ2v) is 11.1. The topological polar surface area (TPSA) is 147 Å². The monoisotopic (exact) mass is 567 g/mol. The fourth-order valence-electron chi connectivity index (χ4n) is 6.03. The number of halogens is 1. The van der Waals surface area contributed by atoms with Gasteiger partial charge in [-0.15, -0.1) is 0 Å². The summed E-state index contributed by atoms with van der Waals surface area (Å²) in [5.41, 5.74) is -1.36. The van der Waals surface area contributed by atoms with Crippen LogP contribution < -0.4 is 26.2 Å². The van der Waals surface area contributed by atoms with Gasteiger partial charge in [0.25, 0.3) is 11.5 Å². The summed E-state index contributed by atoms with van der Waals surface area (Å²) in [7, 11) is 4.26. The lowest BCUT2D eigenvalue weighted by Crippen LogP contribution is -2.54. The highest BCUT2D eigenvalue weighted by Crippen LogP contribution is 2.50. The SMILES string of the molecule is COc1c(C(=O)NCc2ccc(F)c(C)c2)nc2n(c1=O)CC1(C3=NCCN3)CCC2(NC(=O)C(=O)N(C)C)CC1. The maximum Gasteiger partial charge on any atom is 0.311 e. The summed E-state index contributed by atoms with van der Waals surface area (Å²) in [6.45, 7) is 3.25. The van der Waals surface area contributed by atoms with E-state index < -0.39 is 34.2 Å². The van der Waals surface area contributed by atoms with E-state index in [0.717, 1.165) is 5.84 Å². The minimum absolute atomic E-state index is 0.0665. The predicted octanol–water partition coefficient (Wildman–Crippen LogP) is 0.605. The first kappa shape index (κ1) is 28.2. The second kappa shape index (κ2) is 10.6. The van der Waals surface area contributed by atoms with Crippen molar-refractivity contribution in [3.05, 3.63) is 57.0 Å². The van der Waals surface area contributed by atoms with E-state index in [-0.39, 0.29) is 36.2 Å². The number of hydrogen-bond donors (Lipinski definition) is 3. The van der Waals surface area contributed by atoms with E-state index in [4.69, 9.17) is 4.74 Å². The van der Waals surface area contributed by atoms with Gasteiger partial charge in [-0.25, -0.2) is 9.37 Å². The van der Waals surface area contributed by atoms with Gasteiger partial charge >= 0.3 is 11.8 Å². The fraction of sp³-hybridized carbons (Fsp3) is 0.500. The Morgan fingerprint density at radius 1 is 1.20 bits per heavy atom. The van der Waals surface area contributed by atoms with Crippen LogP contribution in [0.2, 0.25) is 0 Å². The van der Waals surface area contributed by atoms with E-state index in [1.165, 1.54) is 36.7 Å². The number of likely N-dealkylation sites (N-methyl/N-ethyl adjacent to an activating group) is 1. The van der Waals surface area contributed by atoms with Gasteiger partial charge in [-0.05, 0) is 49.8 Å². The van der Waals surface area contributed by atoms with Gasteiger partial charge in [0.15, 0.2) is 5.69 Å². The molecule has 1 saturated carbocycles. The summed E-state index contributed by atoms with van der Waals surface area (Å²) in [4.78, 5) is 63.5. The molecule has 2 bridgehead atoms. The largest absolute Gasteiger partial charge is 0.489 e. The van der Waals surface area contributed by atoms with Crippen LogP contribution in [0.3, 0.4) is 0 Å². The van der Waals surface area contributed by atoms with Crippen LogP contribution in [-0.2, 0) is 28.2 Å². The molecule has 1 fully saturated rings. The molecule has 4 heterocycles. The Kier molecular flexibility index (Phi) is 7.30. The molecule has 0 saturated heterocycles. The number of nitrogens with zero attached hydrogens (tertiary/aromatic N) is 4. The highest BCUT2D eigenvalue weighted by Gasteiger charge is 2.54. The average molecular weight is 568 g/mol. The molecule has 3 aliphatic heterocycles. The lowest BCUT2D eigenvalue weighted by Gasteiger charge is -2.42. The predicted molar refractivity (Wildman–Crippen MR) is 147 cm³/mol. The minimum Gasteiger partial charge on any atom is -0.489 e. The van der Waals surface area contributed by atoms with Crippen molar-refractivity contribution < 1.29 is 23.5 Å². The van der Waals surface area contributed by atoms with Gasteiger partial charge in [-0.3, -0.25) is 28.7 Å². The van der Waals surface area contributed by atoms with Gasteiger partial charge in [0.1, 0.15) is 17.5 Å². The third-order valence-corrected chi connectivity index (χ3v) is 8.30. The summed E-state index contributed by atoms with van der Waals surface area (Å²) in [6, 6.07) is 4.50. The maximum absolute atomic E-state index is 14.0. The summed E-state index contributed by atoms with van der Waals surface area (Å²) in [6.07, 6.45) is 1.92. The van der Waals surface area contributed by atoms with E-state index in [0.29, 0.717) is 49.9 Å². The Bertz CT molecular complexity index is 1510. The van der Waals surface area contributed by atoms with Crippen LogP contribution in [0.5, 0.6) is 5.75 Å². The molecule has 0 radical (unpaired) electrons. The number of methoxy groups -OCH3 is 1. The van der Waals surface area contributed by atoms with Crippen LogP contribution in [0.4, 0.5) is 4.39 Å². The van der Waals surface area contributed by atoms with Gasteiger partial charge in [-0.1, -0.05) is 12.1 Å². The lowest BCUT2D eigenvalue weighted by molar-refractivity contribution is -0.145. The number of amidine groups is 1. The van der Waals surface area contributed by atoms with Crippen molar-refractivity contribution >= 4 is 23.6 Å². The summed E-state index contributed by atoms with van der Waals surface area (Å²) >= 11 is 0. The van der Waals surface area contributed by atoms with Crippen molar-refractivity contribution in [2.75, 3.05) is 34.3 Å². The van der Waals surface area contributed by atoms with Crippen LogP contribution in [0.15, 0.2) is 28.0 Å². The Morgan fingerprint density at radius 2 is 1.93 bits per heavy atom. The highest BCUT2D eigenvalue weighted by molar-refractivity contribution is 6.35. The van der Waals surface area contributed by atoms with Crippen molar-refractivity contribution in [3.8, 4) is 5.75 Å². The molecule has 218 valence electrons. The first-order valence-electron chi connectivity index (χ1n) is 13.6. The van der Waals surface area contributed by atoms with Crippen molar-refractivity contribution in [2.24, 2.45) is 10.4 Å². The molecule has 3 N–H and O–H groups in total. The van der Waals surface area contributed by atoms with E-state index >= 15 is 0 Å². The number of amides is 3. The molecule has 1 aliphatic carbocycles. The Hall–Kier alpha value is -4.29. The van der Waals surface area contributed by atoms with Crippen LogP contribution in [-0.4, -0.2) is 72.3 Å². The van der Waals surface area contributed by atoms with Crippen molar-refractivity contribution in [1.29, 1.82) is 0 Å². The zero-order valence-corrected chi connectivity index (χ0v) is 23.6. The molecule has 0 unspecified atom stereocenters. The number of aliphatic imine (C=N–C) groups is 1. The molecule has 4 aliphatic rings. The normalized spacial score (nSPS) is 22.6. The van der Waals surface area contributed by atoms with Crippen LogP contribution in [0, 0.1) is 18.2 Å². The van der Waals surface area contributed by atoms with Crippen molar-refractivity contribution in [3.63, 3.8) is 0 Å². The summed E-state index contributed by atoms with van der Waals surface area (Å²) in [5.74, 6) is -1.79. The molecule has 12 nitrogen and oxygen atoms in total. The number of ether oxygens (including phenoxy) is 1. The number of fused-ring (bicyclic) bond motifs is 2. The lowest BCUT2D eigenvalue weighted by atomic mass is 9.67. The fourth-order valence-corrected chi connectivity index (χ4v) is 6.03. The standard InChI is InChI=1S/C28H34FN7O5/c1-16-13-17(5-6-18(16)29)14-32-21(37)19-20(41-4)23(39)36-15-27(25-30-11-12-31-25)7-9-28(10-8-27,26(36)33-19)34-22(38)24(40)35(2)3/h5-6,13H,7-12,14-15H2,1-4H3,(H,30,31)(H,32,37)(H,34,38). The number of carbonyl (C=O) groups excluding carboxylic acids is 3. The van der Waals surface area contributed by atoms with E-state index in [2.05, 4.69) is 25.9 Å². The first-order chi connectivity index (χ1) is 19.5. The van der Waals surface area contributed by atoms with Gasteiger partial charge in [0.2, 0.25) is 5.75 Å². The first-order valence-corrected chi connectivity index (χ1v) is 13.6. The number of carbonyl (C=O) groups is 3. The van der Waals surface area contributed by atoms with Crippen LogP contribution in [0.1, 0.15) is 53.1 Å². The summed E-state index contributed by atoms with van der Waals surface area (Å²) in [5, 5.41) is 8.98. The van der Waals surface area contributed by atoms with Crippen molar-refractivity contribution in [2.45, 2.75) is 51.2 Å². The smallest absolute Gasteiger partial charge is 0.311 e. The zero-order valence-electron chi connectivity index (χ0n) is 23.6. The minimum atomic E-state index is -1.17. The van der Waals surface area contributed by atoms with Gasteiger partial charge < -0.3 is 25.6 Å². The number of benzene rings is 1. The van der Waals surface area contributed by atoms with E-state index in [9.17, 15) is 23.6 Å². The van der Waals surface area contributed by atoms with Crippen molar-refractivity contribution in [1.82, 2.24) is 30.4 Å². The molecule has 1 aromatic heterocycles.